The van der Waals surface area contributed by atoms with E-state index in [-0.39, 0.29) is 0 Å². The summed E-state index contributed by atoms with van der Waals surface area (Å²) in [5.41, 5.74) is 0.428. The molecule has 0 radical (unpaired) electrons. The third-order valence-electron chi connectivity index (χ3n) is 0.805. The van der Waals surface area contributed by atoms with Crippen molar-refractivity contribution < 1.29 is 14.0 Å². The SMILES string of the molecule is CCOB(OCC)OCBr. The van der Waals surface area contributed by atoms with Crippen LogP contribution in [0.2, 0.25) is 0 Å². The molecule has 0 amide bonds. The van der Waals surface area contributed by atoms with Crippen molar-refractivity contribution in [2.75, 3.05) is 18.7 Å². The minimum atomic E-state index is -0.519. The van der Waals surface area contributed by atoms with Crippen LogP contribution in [-0.2, 0) is 14.0 Å². The van der Waals surface area contributed by atoms with E-state index < -0.39 is 7.32 Å². The summed E-state index contributed by atoms with van der Waals surface area (Å²) in [6, 6.07) is 0. The fourth-order valence-electron chi connectivity index (χ4n) is 0.468. The third-order valence-corrected chi connectivity index (χ3v) is 1.07. The van der Waals surface area contributed by atoms with E-state index in [1.165, 1.54) is 0 Å². The Labute approximate surface area is 70.3 Å². The zero-order chi connectivity index (χ0) is 7.82. The molecule has 3 nitrogen and oxygen atoms in total. The van der Waals surface area contributed by atoms with Gasteiger partial charge in [0.25, 0.3) is 0 Å². The molecule has 60 valence electrons. The van der Waals surface area contributed by atoms with E-state index in [0.717, 1.165) is 0 Å². The second-order valence-corrected chi connectivity index (χ2v) is 1.93. The van der Waals surface area contributed by atoms with E-state index in [9.17, 15) is 0 Å². The van der Waals surface area contributed by atoms with Crippen LogP contribution in [0.3, 0.4) is 0 Å². The summed E-state index contributed by atoms with van der Waals surface area (Å²) in [5.74, 6) is 0. The normalized spacial score (nSPS) is 9.90. The molecule has 0 bridgehead atoms. The quantitative estimate of drug-likeness (QED) is 0.491. The molecule has 0 aliphatic rings. The van der Waals surface area contributed by atoms with Gasteiger partial charge in [-0.1, -0.05) is 15.9 Å². The summed E-state index contributed by atoms with van der Waals surface area (Å²) >= 11 is 3.11. The Balaban J connectivity index is 3.30. The zero-order valence-electron chi connectivity index (χ0n) is 6.30. The van der Waals surface area contributed by atoms with E-state index in [1.54, 1.807) is 0 Å². The van der Waals surface area contributed by atoms with E-state index in [0.29, 0.717) is 18.7 Å². The van der Waals surface area contributed by atoms with Crippen LogP contribution in [0, 0.1) is 0 Å². The maximum atomic E-state index is 5.05. The molecule has 0 aliphatic heterocycles. The Kier molecular flexibility index (Phi) is 7.85. The second kappa shape index (κ2) is 7.53. The van der Waals surface area contributed by atoms with Crippen LogP contribution in [0.25, 0.3) is 0 Å². The van der Waals surface area contributed by atoms with Crippen molar-refractivity contribution in [1.29, 1.82) is 0 Å². The Hall–Kier alpha value is 0.425. The molecule has 0 saturated heterocycles. The molecule has 10 heavy (non-hydrogen) atoms. The van der Waals surface area contributed by atoms with Gasteiger partial charge in [-0.2, -0.15) is 0 Å². The standard InChI is InChI=1S/C5H12BBrO3/c1-3-8-6(9-4-2)10-5-7/h3-5H2,1-2H3. The lowest BCUT2D eigenvalue weighted by molar-refractivity contribution is 0.120. The lowest BCUT2D eigenvalue weighted by Gasteiger charge is -2.09. The summed E-state index contributed by atoms with van der Waals surface area (Å²) in [7, 11) is -0.519. The molecule has 0 rings (SSSR count). The maximum Gasteiger partial charge on any atom is 0.640 e. The summed E-state index contributed by atoms with van der Waals surface area (Å²) in [5, 5.41) is 0. The molecule has 0 saturated carbocycles. The largest absolute Gasteiger partial charge is 0.640 e. The average Bonchev–Trinajstić information content (AvgIpc) is 1.90. The molecule has 0 aromatic heterocycles. The number of rotatable bonds is 6. The minimum Gasteiger partial charge on any atom is -0.386 e. The van der Waals surface area contributed by atoms with Crippen LogP contribution in [0.5, 0.6) is 0 Å². The summed E-state index contributed by atoms with van der Waals surface area (Å²) in [6.07, 6.45) is 0. The first-order valence-electron chi connectivity index (χ1n) is 3.25. The van der Waals surface area contributed by atoms with Crippen LogP contribution < -0.4 is 0 Å². The average molecular weight is 211 g/mol. The highest BCUT2D eigenvalue weighted by atomic mass is 79.9. The number of halogens is 1. The van der Waals surface area contributed by atoms with Gasteiger partial charge in [-0.15, -0.1) is 0 Å². The fraction of sp³-hybridized carbons (Fsp3) is 1.00. The van der Waals surface area contributed by atoms with Gasteiger partial charge < -0.3 is 14.0 Å². The molecule has 0 unspecified atom stereocenters. The monoisotopic (exact) mass is 210 g/mol. The van der Waals surface area contributed by atoms with Gasteiger partial charge >= 0.3 is 7.32 Å². The molecule has 0 spiro atoms. The van der Waals surface area contributed by atoms with Gasteiger partial charge in [0.05, 0.1) is 5.52 Å². The van der Waals surface area contributed by atoms with Gasteiger partial charge in [0.15, 0.2) is 0 Å². The van der Waals surface area contributed by atoms with Crippen molar-refractivity contribution >= 4 is 23.3 Å². The first kappa shape index (κ1) is 10.4. The number of hydrogen-bond acceptors (Lipinski definition) is 3. The van der Waals surface area contributed by atoms with Crippen molar-refractivity contribution in [1.82, 2.24) is 0 Å². The molecular formula is C5H12BBrO3. The fourth-order valence-corrected chi connectivity index (χ4v) is 0.684. The maximum absolute atomic E-state index is 5.05. The lowest BCUT2D eigenvalue weighted by atomic mass is 10.2. The van der Waals surface area contributed by atoms with Gasteiger partial charge in [0, 0.05) is 13.2 Å². The predicted octanol–water partition coefficient (Wildman–Crippen LogP) is 1.41. The molecule has 5 heteroatoms. The molecule has 0 heterocycles. The van der Waals surface area contributed by atoms with Crippen molar-refractivity contribution in [3.8, 4) is 0 Å². The number of alkyl halides is 1. The number of hydrogen-bond donors (Lipinski definition) is 0. The van der Waals surface area contributed by atoms with Gasteiger partial charge in [0.1, 0.15) is 0 Å². The highest BCUT2D eigenvalue weighted by Crippen LogP contribution is 1.94. The van der Waals surface area contributed by atoms with Crippen LogP contribution >= 0.6 is 15.9 Å². The van der Waals surface area contributed by atoms with Gasteiger partial charge in [-0.25, -0.2) is 0 Å². The van der Waals surface area contributed by atoms with Gasteiger partial charge in [0.2, 0.25) is 0 Å². The van der Waals surface area contributed by atoms with Crippen LogP contribution in [0.15, 0.2) is 0 Å². The van der Waals surface area contributed by atoms with Crippen LogP contribution in [0.1, 0.15) is 13.8 Å². The van der Waals surface area contributed by atoms with Crippen LogP contribution in [0.4, 0.5) is 0 Å². The van der Waals surface area contributed by atoms with Gasteiger partial charge in [-0.3, -0.25) is 0 Å². The first-order chi connectivity index (χ1) is 4.85. The Morgan fingerprint density at radius 2 is 1.60 bits per heavy atom. The Morgan fingerprint density at radius 1 is 1.10 bits per heavy atom. The molecular weight excluding hydrogens is 199 g/mol. The third kappa shape index (κ3) is 5.23. The molecule has 0 aliphatic carbocycles. The minimum absolute atomic E-state index is 0.428. The second-order valence-electron chi connectivity index (χ2n) is 1.48. The summed E-state index contributed by atoms with van der Waals surface area (Å²) < 4.78 is 15.1. The van der Waals surface area contributed by atoms with Crippen LogP contribution in [-0.4, -0.2) is 26.1 Å². The first-order valence-corrected chi connectivity index (χ1v) is 4.38. The Bertz CT molecular complexity index is 59.6. The lowest BCUT2D eigenvalue weighted by Crippen LogP contribution is -2.26. The highest BCUT2D eigenvalue weighted by Gasteiger charge is 2.18. The molecule has 0 N–H and O–H groups in total. The van der Waals surface area contributed by atoms with Gasteiger partial charge in [-0.05, 0) is 13.8 Å². The van der Waals surface area contributed by atoms with Crippen molar-refractivity contribution in [2.45, 2.75) is 13.8 Å². The van der Waals surface area contributed by atoms with Crippen molar-refractivity contribution in [2.24, 2.45) is 0 Å². The van der Waals surface area contributed by atoms with E-state index in [1.807, 2.05) is 13.8 Å². The molecule has 0 atom stereocenters. The van der Waals surface area contributed by atoms with Crippen molar-refractivity contribution in [3.05, 3.63) is 0 Å². The summed E-state index contributed by atoms with van der Waals surface area (Å²) in [4.78, 5) is 0. The van der Waals surface area contributed by atoms with E-state index in [4.69, 9.17) is 14.0 Å². The van der Waals surface area contributed by atoms with E-state index >= 15 is 0 Å². The summed E-state index contributed by atoms with van der Waals surface area (Å²) in [6.45, 7) is 4.97. The van der Waals surface area contributed by atoms with Crippen molar-refractivity contribution in [3.63, 3.8) is 0 Å². The molecule has 0 fully saturated rings. The highest BCUT2D eigenvalue weighted by molar-refractivity contribution is 9.09. The smallest absolute Gasteiger partial charge is 0.386 e. The molecule has 0 aromatic carbocycles. The zero-order valence-corrected chi connectivity index (χ0v) is 7.89. The van der Waals surface area contributed by atoms with E-state index in [2.05, 4.69) is 15.9 Å². The Morgan fingerprint density at radius 3 is 1.90 bits per heavy atom. The molecule has 0 aromatic rings. The topological polar surface area (TPSA) is 27.7 Å². The predicted molar refractivity (Wildman–Crippen MR) is 43.9 cm³/mol.